The van der Waals surface area contributed by atoms with Gasteiger partial charge in [0.2, 0.25) is 5.91 Å². The number of carboxylic acids is 1. The van der Waals surface area contributed by atoms with Crippen molar-refractivity contribution in [3.63, 3.8) is 0 Å². The molecule has 1 fully saturated rings. The Hall–Kier alpha value is -3.36. The van der Waals surface area contributed by atoms with Crippen molar-refractivity contribution in [3.8, 4) is 0 Å². The molecule has 0 spiro atoms. The maximum Gasteiger partial charge on any atom is 0.336 e. The summed E-state index contributed by atoms with van der Waals surface area (Å²) in [5.41, 5.74) is 3.85. The number of hydrogen-bond donors (Lipinski definition) is 2. The molecule has 1 amide bonds. The highest BCUT2D eigenvalue weighted by Crippen LogP contribution is 2.31. The number of hydrogen-bond acceptors (Lipinski definition) is 5. The van der Waals surface area contributed by atoms with E-state index in [1.165, 1.54) is 11.1 Å². The van der Waals surface area contributed by atoms with Crippen LogP contribution in [0.1, 0.15) is 40.9 Å². The fourth-order valence-corrected chi connectivity index (χ4v) is 4.97. The largest absolute Gasteiger partial charge is 0.478 e. The second-order valence-electron chi connectivity index (χ2n) is 9.21. The molecule has 1 aromatic heterocycles. The Morgan fingerprint density at radius 2 is 1.43 bits per heavy atom. The van der Waals surface area contributed by atoms with E-state index in [0.717, 1.165) is 26.2 Å². The number of halogens is 3. The van der Waals surface area contributed by atoms with E-state index in [9.17, 15) is 14.7 Å². The number of aromatic carboxylic acids is 1. The SMILES string of the molecule is CCC(=O)Nc1ccc2nc(N3CCN(C(c4ccccc4)c4ccccc4)CC3)cc(C(=O)O)c2c1.Cl.Cl.Cl. The zero-order valence-corrected chi connectivity index (χ0v) is 24.5. The van der Waals surface area contributed by atoms with Gasteiger partial charge in [0.15, 0.2) is 0 Å². The van der Waals surface area contributed by atoms with Crippen LogP contribution in [0.5, 0.6) is 0 Å². The molecule has 40 heavy (non-hydrogen) atoms. The molecular weight excluding hydrogens is 571 g/mol. The lowest BCUT2D eigenvalue weighted by Crippen LogP contribution is -2.48. The van der Waals surface area contributed by atoms with Crippen LogP contribution < -0.4 is 10.2 Å². The van der Waals surface area contributed by atoms with E-state index in [-0.39, 0.29) is 54.7 Å². The topological polar surface area (TPSA) is 85.8 Å². The van der Waals surface area contributed by atoms with Crippen molar-refractivity contribution in [1.82, 2.24) is 9.88 Å². The van der Waals surface area contributed by atoms with Crippen molar-refractivity contribution < 1.29 is 14.7 Å². The van der Waals surface area contributed by atoms with E-state index in [1.807, 2.05) is 12.1 Å². The summed E-state index contributed by atoms with van der Waals surface area (Å²) in [7, 11) is 0. The zero-order valence-electron chi connectivity index (χ0n) is 22.0. The lowest BCUT2D eigenvalue weighted by Gasteiger charge is -2.40. The number of nitrogens with one attached hydrogen (secondary N) is 1. The average molecular weight is 604 g/mol. The van der Waals surface area contributed by atoms with E-state index in [0.29, 0.717) is 28.8 Å². The molecule has 7 nitrogen and oxygen atoms in total. The second-order valence-corrected chi connectivity index (χ2v) is 9.21. The first-order valence-corrected chi connectivity index (χ1v) is 12.6. The number of benzene rings is 3. The van der Waals surface area contributed by atoms with E-state index >= 15 is 0 Å². The Kier molecular flexibility index (Phi) is 12.2. The minimum atomic E-state index is -1.01. The molecule has 1 saturated heterocycles. The number of carboxylic acid groups (broad SMARTS) is 1. The number of fused-ring (bicyclic) bond motifs is 1. The minimum absolute atomic E-state index is 0. The first kappa shape index (κ1) is 32.8. The molecule has 0 bridgehead atoms. The number of piperazine rings is 1. The molecule has 1 aliphatic rings. The number of amides is 1. The number of nitrogens with zero attached hydrogens (tertiary/aromatic N) is 3. The average Bonchev–Trinajstić information content (AvgIpc) is 2.94. The molecule has 10 heteroatoms. The van der Waals surface area contributed by atoms with Crippen LogP contribution in [0.3, 0.4) is 0 Å². The summed E-state index contributed by atoms with van der Waals surface area (Å²) in [6.07, 6.45) is 0.350. The minimum Gasteiger partial charge on any atom is -0.478 e. The van der Waals surface area contributed by atoms with Crippen LogP contribution in [0.25, 0.3) is 10.9 Å². The number of pyridine rings is 1. The van der Waals surface area contributed by atoms with Crippen molar-refractivity contribution in [2.75, 3.05) is 36.4 Å². The molecule has 0 aliphatic carbocycles. The highest BCUT2D eigenvalue weighted by atomic mass is 35.5. The van der Waals surface area contributed by atoms with Crippen LogP contribution in [0.4, 0.5) is 11.5 Å². The number of carbonyl (C=O) groups is 2. The van der Waals surface area contributed by atoms with Gasteiger partial charge in [0, 0.05) is 43.7 Å². The lowest BCUT2D eigenvalue weighted by atomic mass is 9.96. The van der Waals surface area contributed by atoms with E-state index in [2.05, 4.69) is 63.6 Å². The third-order valence-electron chi connectivity index (χ3n) is 6.86. The van der Waals surface area contributed by atoms with Gasteiger partial charge >= 0.3 is 5.97 Å². The summed E-state index contributed by atoms with van der Waals surface area (Å²) >= 11 is 0. The predicted molar refractivity (Wildman–Crippen MR) is 168 cm³/mol. The van der Waals surface area contributed by atoms with Gasteiger partial charge in [0.1, 0.15) is 5.82 Å². The normalized spacial score (nSPS) is 13.1. The Labute approximate surface area is 252 Å². The lowest BCUT2D eigenvalue weighted by molar-refractivity contribution is -0.115. The van der Waals surface area contributed by atoms with Crippen LogP contribution in [-0.4, -0.2) is 53.0 Å². The summed E-state index contributed by atoms with van der Waals surface area (Å²) in [6, 6.07) is 28.1. The zero-order chi connectivity index (χ0) is 25.8. The standard InChI is InChI=1S/C30H30N4O3.3ClH/c1-2-28(35)31-23-13-14-26-24(19-23)25(30(36)37)20-27(32-26)33-15-17-34(18-16-33)29(21-9-5-3-6-10-21)22-11-7-4-8-12-22;;;/h3-14,19-20,29H,2,15-18H2,1H3,(H,31,35)(H,36,37);3*1H. The smallest absolute Gasteiger partial charge is 0.336 e. The fourth-order valence-electron chi connectivity index (χ4n) is 4.97. The number of anilines is 2. The monoisotopic (exact) mass is 602 g/mol. The molecule has 0 radical (unpaired) electrons. The van der Waals surface area contributed by atoms with Gasteiger partial charge in [-0.15, -0.1) is 37.2 Å². The van der Waals surface area contributed by atoms with Gasteiger partial charge in [-0.1, -0.05) is 67.6 Å². The van der Waals surface area contributed by atoms with Crippen LogP contribution in [-0.2, 0) is 4.79 Å². The van der Waals surface area contributed by atoms with Crippen molar-refractivity contribution >= 4 is 71.5 Å². The molecule has 0 atom stereocenters. The quantitative estimate of drug-likeness (QED) is 0.252. The van der Waals surface area contributed by atoms with Gasteiger partial charge in [-0.2, -0.15) is 0 Å². The molecule has 2 heterocycles. The third kappa shape index (κ3) is 7.23. The van der Waals surface area contributed by atoms with Gasteiger partial charge in [-0.05, 0) is 35.4 Å². The molecule has 2 N–H and O–H groups in total. The third-order valence-corrected chi connectivity index (χ3v) is 6.86. The Balaban J connectivity index is 0.00000187. The van der Waals surface area contributed by atoms with Crippen LogP contribution in [0.2, 0.25) is 0 Å². The predicted octanol–water partition coefficient (Wildman–Crippen LogP) is 6.46. The van der Waals surface area contributed by atoms with Gasteiger partial charge in [0.05, 0.1) is 17.1 Å². The highest BCUT2D eigenvalue weighted by molar-refractivity contribution is 6.05. The number of aromatic nitrogens is 1. The Morgan fingerprint density at radius 3 is 1.95 bits per heavy atom. The Bertz CT molecular complexity index is 1380. The van der Waals surface area contributed by atoms with Gasteiger partial charge < -0.3 is 15.3 Å². The van der Waals surface area contributed by atoms with E-state index in [1.54, 1.807) is 31.2 Å². The van der Waals surface area contributed by atoms with Crippen molar-refractivity contribution in [1.29, 1.82) is 0 Å². The van der Waals surface area contributed by atoms with Crippen LogP contribution in [0.15, 0.2) is 84.9 Å². The first-order valence-electron chi connectivity index (χ1n) is 12.6. The first-order chi connectivity index (χ1) is 18.0. The second kappa shape index (κ2) is 14.9. The molecule has 0 unspecified atom stereocenters. The summed E-state index contributed by atoms with van der Waals surface area (Å²) in [4.78, 5) is 33.4. The summed E-state index contributed by atoms with van der Waals surface area (Å²) in [5.74, 6) is -0.478. The molecule has 4 aromatic rings. The molecule has 5 rings (SSSR count). The molecule has 1 aliphatic heterocycles. The van der Waals surface area contributed by atoms with Crippen molar-refractivity contribution in [3.05, 3.63) is 102 Å². The summed E-state index contributed by atoms with van der Waals surface area (Å²) in [5, 5.41) is 13.3. The van der Waals surface area contributed by atoms with Gasteiger partial charge in [-0.25, -0.2) is 9.78 Å². The summed E-state index contributed by atoms with van der Waals surface area (Å²) in [6.45, 7) is 4.88. The number of rotatable bonds is 7. The van der Waals surface area contributed by atoms with Gasteiger partial charge in [-0.3, -0.25) is 9.69 Å². The highest BCUT2D eigenvalue weighted by Gasteiger charge is 2.27. The fraction of sp³-hybridized carbons (Fsp3) is 0.233. The Morgan fingerprint density at radius 1 is 0.850 bits per heavy atom. The maximum atomic E-state index is 12.2. The van der Waals surface area contributed by atoms with E-state index < -0.39 is 5.97 Å². The number of carbonyl (C=O) groups excluding carboxylic acids is 1. The van der Waals surface area contributed by atoms with Gasteiger partial charge in [0.25, 0.3) is 0 Å². The van der Waals surface area contributed by atoms with Crippen molar-refractivity contribution in [2.24, 2.45) is 0 Å². The molecule has 0 saturated carbocycles. The van der Waals surface area contributed by atoms with Crippen molar-refractivity contribution in [2.45, 2.75) is 19.4 Å². The van der Waals surface area contributed by atoms with Crippen LogP contribution >= 0.6 is 37.2 Å². The maximum absolute atomic E-state index is 12.2. The summed E-state index contributed by atoms with van der Waals surface area (Å²) < 4.78 is 0. The van der Waals surface area contributed by atoms with E-state index in [4.69, 9.17) is 4.98 Å². The molecular formula is C30H33Cl3N4O3. The molecule has 3 aromatic carbocycles. The molecule has 212 valence electrons. The van der Waals surface area contributed by atoms with Crippen LogP contribution in [0, 0.1) is 0 Å².